The third-order valence-corrected chi connectivity index (χ3v) is 8.16. The first-order chi connectivity index (χ1) is 15.6. The normalized spacial score (nSPS) is 11.2. The Kier molecular flexibility index (Phi) is 7.83. The molecule has 0 bridgehead atoms. The third kappa shape index (κ3) is 5.70. The van der Waals surface area contributed by atoms with Crippen LogP contribution in [-0.2, 0) is 23.5 Å². The van der Waals surface area contributed by atoms with Crippen molar-refractivity contribution in [2.24, 2.45) is 0 Å². The molecule has 0 aliphatic heterocycles. The van der Waals surface area contributed by atoms with Crippen LogP contribution in [0.2, 0.25) is 0 Å². The predicted octanol–water partition coefficient (Wildman–Crippen LogP) is 4.96. The van der Waals surface area contributed by atoms with Gasteiger partial charge in [0.05, 0.1) is 21.7 Å². The highest BCUT2D eigenvalue weighted by atomic mass is 32.2. The number of aromatic nitrogens is 4. The minimum Gasteiger partial charge on any atom is -0.355 e. The van der Waals surface area contributed by atoms with E-state index in [0.717, 1.165) is 33.8 Å². The van der Waals surface area contributed by atoms with Crippen LogP contribution in [0.5, 0.6) is 0 Å². The van der Waals surface area contributed by atoms with E-state index in [0.29, 0.717) is 18.1 Å². The molecule has 0 saturated carbocycles. The molecule has 9 heteroatoms. The largest absolute Gasteiger partial charge is 0.355 e. The van der Waals surface area contributed by atoms with Crippen molar-refractivity contribution >= 4 is 51.0 Å². The van der Waals surface area contributed by atoms with Crippen LogP contribution in [0.3, 0.4) is 0 Å². The number of nitrogens with zero attached hydrogens (tertiary/aromatic N) is 4. The number of para-hydroxylation sites is 1. The van der Waals surface area contributed by atoms with Crippen LogP contribution < -0.4 is 5.32 Å². The molecule has 4 rings (SSSR count). The second-order valence-corrected chi connectivity index (χ2v) is 10.4. The van der Waals surface area contributed by atoms with Crippen LogP contribution in [0.1, 0.15) is 23.9 Å². The van der Waals surface area contributed by atoms with Gasteiger partial charge < -0.3 is 9.88 Å². The van der Waals surface area contributed by atoms with Crippen molar-refractivity contribution in [1.29, 1.82) is 0 Å². The van der Waals surface area contributed by atoms with Crippen molar-refractivity contribution in [2.45, 2.75) is 42.1 Å². The van der Waals surface area contributed by atoms with E-state index < -0.39 is 0 Å². The van der Waals surface area contributed by atoms with Crippen molar-refractivity contribution in [2.75, 3.05) is 12.3 Å². The highest BCUT2D eigenvalue weighted by Crippen LogP contribution is 2.31. The molecule has 0 saturated heterocycles. The lowest BCUT2D eigenvalue weighted by atomic mass is 10.1. The number of hydrogen-bond donors (Lipinski definition) is 1. The first-order valence-electron chi connectivity index (χ1n) is 10.5. The minimum absolute atomic E-state index is 0.0136. The minimum atomic E-state index is 0.0136. The molecule has 1 N–H and O–H groups in total. The summed E-state index contributed by atoms with van der Waals surface area (Å²) in [6, 6.07) is 16.4. The van der Waals surface area contributed by atoms with Crippen LogP contribution in [-0.4, -0.2) is 38.0 Å². The van der Waals surface area contributed by atoms with E-state index in [4.69, 9.17) is 0 Å². The summed E-state index contributed by atoms with van der Waals surface area (Å²) in [6.07, 6.45) is 0.835. The van der Waals surface area contributed by atoms with Gasteiger partial charge in [-0.3, -0.25) is 4.79 Å². The van der Waals surface area contributed by atoms with Crippen molar-refractivity contribution < 1.29 is 4.79 Å². The van der Waals surface area contributed by atoms with E-state index >= 15 is 0 Å². The lowest BCUT2D eigenvalue weighted by Crippen LogP contribution is -2.27. The molecule has 0 atom stereocenters. The number of thioether (sulfide) groups is 2. The van der Waals surface area contributed by atoms with E-state index in [9.17, 15) is 4.79 Å². The van der Waals surface area contributed by atoms with Crippen molar-refractivity contribution in [1.82, 2.24) is 25.1 Å². The number of carbonyl (C=O) groups is 1. The van der Waals surface area contributed by atoms with Gasteiger partial charge >= 0.3 is 0 Å². The van der Waals surface area contributed by atoms with E-state index in [2.05, 4.69) is 57.1 Å². The third-order valence-electron chi connectivity index (χ3n) is 5.02. The van der Waals surface area contributed by atoms with Gasteiger partial charge in [-0.05, 0) is 43.5 Å². The molecular weight excluding hydrogens is 458 g/mol. The van der Waals surface area contributed by atoms with Crippen molar-refractivity contribution in [3.05, 3.63) is 65.5 Å². The fourth-order valence-electron chi connectivity index (χ4n) is 3.30. The first-order valence-corrected chi connectivity index (χ1v) is 13.3. The smallest absolute Gasteiger partial charge is 0.230 e. The number of fused-ring (bicyclic) bond motifs is 1. The summed E-state index contributed by atoms with van der Waals surface area (Å²) in [7, 11) is 0. The Hall–Kier alpha value is -2.36. The average molecular weight is 484 g/mol. The maximum atomic E-state index is 12.3. The van der Waals surface area contributed by atoms with Crippen LogP contribution in [0.15, 0.2) is 58.0 Å². The molecule has 2 heterocycles. The van der Waals surface area contributed by atoms with Gasteiger partial charge in [-0.15, -0.1) is 21.5 Å². The standard InChI is InChI=1S/C23H25N5OS3/c1-3-28-20(14-31-23-25-18-10-6-7-11-19(18)32-23)26-27-22(28)30-15-21(29)24-13-12-17-9-5-4-8-16(17)2/h4-11H,3,12-15H2,1-2H3,(H,24,29). The van der Waals surface area contributed by atoms with Crippen LogP contribution >= 0.6 is 34.9 Å². The Morgan fingerprint density at radius 3 is 2.72 bits per heavy atom. The summed E-state index contributed by atoms with van der Waals surface area (Å²) in [4.78, 5) is 17.0. The van der Waals surface area contributed by atoms with Crippen LogP contribution in [0.4, 0.5) is 0 Å². The number of nitrogens with one attached hydrogen (secondary N) is 1. The van der Waals surface area contributed by atoms with Gasteiger partial charge in [-0.2, -0.15) is 0 Å². The highest BCUT2D eigenvalue weighted by Gasteiger charge is 2.14. The molecule has 1 amide bonds. The summed E-state index contributed by atoms with van der Waals surface area (Å²) < 4.78 is 4.29. The molecule has 0 aliphatic rings. The maximum absolute atomic E-state index is 12.3. The van der Waals surface area contributed by atoms with E-state index in [-0.39, 0.29) is 5.91 Å². The topological polar surface area (TPSA) is 72.7 Å². The summed E-state index contributed by atoms with van der Waals surface area (Å²) in [6.45, 7) is 5.56. The number of hydrogen-bond acceptors (Lipinski definition) is 7. The summed E-state index contributed by atoms with van der Waals surface area (Å²) in [5, 5.41) is 12.5. The fourth-order valence-corrected chi connectivity index (χ4v) is 6.16. The molecule has 32 heavy (non-hydrogen) atoms. The molecule has 0 aliphatic carbocycles. The molecule has 2 aromatic heterocycles. The number of aryl methyl sites for hydroxylation is 1. The van der Waals surface area contributed by atoms with Crippen molar-refractivity contribution in [3.8, 4) is 0 Å². The second-order valence-electron chi connectivity index (χ2n) is 7.19. The molecule has 0 radical (unpaired) electrons. The van der Waals surface area contributed by atoms with Gasteiger partial charge in [0, 0.05) is 13.1 Å². The number of rotatable bonds is 10. The molecule has 166 valence electrons. The molecular formula is C23H25N5OS3. The molecule has 6 nitrogen and oxygen atoms in total. The Balaban J connectivity index is 1.27. The quantitative estimate of drug-likeness (QED) is 0.322. The Morgan fingerprint density at radius 1 is 1.09 bits per heavy atom. The highest BCUT2D eigenvalue weighted by molar-refractivity contribution is 8.00. The average Bonchev–Trinajstić information content (AvgIpc) is 3.40. The van der Waals surface area contributed by atoms with Gasteiger partial charge in [0.1, 0.15) is 5.82 Å². The van der Waals surface area contributed by atoms with E-state index in [1.807, 2.05) is 30.3 Å². The fraction of sp³-hybridized carbons (Fsp3) is 0.304. The Bertz CT molecular complexity index is 1170. The zero-order valence-electron chi connectivity index (χ0n) is 18.1. The van der Waals surface area contributed by atoms with E-state index in [1.54, 1.807) is 23.1 Å². The SMILES string of the molecule is CCn1c(CSc2nc3ccccc3s2)nnc1SCC(=O)NCCc1ccccc1C. The summed E-state index contributed by atoms with van der Waals surface area (Å²) in [5.41, 5.74) is 3.55. The maximum Gasteiger partial charge on any atom is 0.230 e. The van der Waals surface area contributed by atoms with Gasteiger partial charge in [-0.25, -0.2) is 4.98 Å². The number of benzene rings is 2. The predicted molar refractivity (Wildman–Crippen MR) is 133 cm³/mol. The van der Waals surface area contributed by atoms with Crippen LogP contribution in [0, 0.1) is 6.92 Å². The molecule has 2 aromatic carbocycles. The van der Waals surface area contributed by atoms with Crippen LogP contribution in [0.25, 0.3) is 10.2 Å². The number of carbonyl (C=O) groups excluding carboxylic acids is 1. The van der Waals surface area contributed by atoms with Gasteiger partial charge in [0.15, 0.2) is 9.50 Å². The molecule has 0 unspecified atom stereocenters. The lowest BCUT2D eigenvalue weighted by molar-refractivity contribution is -0.118. The Labute approximate surface area is 200 Å². The zero-order chi connectivity index (χ0) is 22.3. The van der Waals surface area contributed by atoms with Gasteiger partial charge in [0.25, 0.3) is 0 Å². The first kappa shape index (κ1) is 22.8. The van der Waals surface area contributed by atoms with Crippen molar-refractivity contribution in [3.63, 3.8) is 0 Å². The summed E-state index contributed by atoms with van der Waals surface area (Å²) >= 11 is 4.80. The monoisotopic (exact) mass is 483 g/mol. The van der Waals surface area contributed by atoms with Gasteiger partial charge in [-0.1, -0.05) is 59.9 Å². The molecule has 0 spiro atoms. The lowest BCUT2D eigenvalue weighted by Gasteiger charge is -2.08. The van der Waals surface area contributed by atoms with Gasteiger partial charge in [0.2, 0.25) is 5.91 Å². The molecule has 0 fully saturated rings. The zero-order valence-corrected chi connectivity index (χ0v) is 20.5. The number of amides is 1. The summed E-state index contributed by atoms with van der Waals surface area (Å²) in [5.74, 6) is 1.94. The molecule has 4 aromatic rings. The second kappa shape index (κ2) is 11.0. The van der Waals surface area contributed by atoms with E-state index in [1.165, 1.54) is 27.6 Å². The Morgan fingerprint density at radius 2 is 1.91 bits per heavy atom. The number of thiazole rings is 1.